The highest BCUT2D eigenvalue weighted by molar-refractivity contribution is 7.12. The summed E-state index contributed by atoms with van der Waals surface area (Å²) in [5, 5.41) is 3.60. The molecular weight excluding hydrogens is 308 g/mol. The predicted octanol–water partition coefficient (Wildman–Crippen LogP) is 4.42. The minimum absolute atomic E-state index is 0.183. The second-order valence-corrected chi connectivity index (χ2v) is 8.93. The summed E-state index contributed by atoms with van der Waals surface area (Å²) in [4.78, 5) is 16.9. The molecule has 1 aromatic heterocycles. The minimum Gasteiger partial charge on any atom is -0.444 e. The van der Waals surface area contributed by atoms with Gasteiger partial charge in [-0.2, -0.15) is 0 Å². The van der Waals surface area contributed by atoms with Gasteiger partial charge in [-0.25, -0.2) is 4.79 Å². The van der Waals surface area contributed by atoms with E-state index in [1.54, 1.807) is 0 Å². The second-order valence-electron chi connectivity index (χ2n) is 7.47. The zero-order chi connectivity index (χ0) is 17.2. The zero-order valence-electron chi connectivity index (χ0n) is 15.2. The van der Waals surface area contributed by atoms with E-state index in [2.05, 4.69) is 32.2 Å². The Balaban J connectivity index is 1.91. The van der Waals surface area contributed by atoms with Crippen molar-refractivity contribution in [3.8, 4) is 0 Å². The van der Waals surface area contributed by atoms with Crippen LogP contribution in [0.3, 0.4) is 0 Å². The third-order valence-electron chi connectivity index (χ3n) is 4.21. The fourth-order valence-electron chi connectivity index (χ4n) is 3.11. The van der Waals surface area contributed by atoms with E-state index in [9.17, 15) is 4.79 Å². The summed E-state index contributed by atoms with van der Waals surface area (Å²) in [6.45, 7) is 13.9. The van der Waals surface area contributed by atoms with Crippen LogP contribution in [0.2, 0.25) is 0 Å². The number of carbonyl (C=O) groups excluding carboxylic acids is 1. The molecule has 0 bridgehead atoms. The summed E-state index contributed by atoms with van der Waals surface area (Å²) in [5.74, 6) is 0. The highest BCUT2D eigenvalue weighted by Gasteiger charge is 2.32. The van der Waals surface area contributed by atoms with Gasteiger partial charge >= 0.3 is 6.09 Å². The van der Waals surface area contributed by atoms with Crippen LogP contribution in [0.5, 0.6) is 0 Å². The fourth-order valence-corrected chi connectivity index (χ4v) is 4.13. The molecule has 0 aromatic carbocycles. The first-order chi connectivity index (χ1) is 10.7. The predicted molar refractivity (Wildman–Crippen MR) is 96.2 cm³/mol. The van der Waals surface area contributed by atoms with Crippen LogP contribution in [0.15, 0.2) is 6.07 Å². The highest BCUT2D eigenvalue weighted by atomic mass is 32.1. The van der Waals surface area contributed by atoms with Crippen molar-refractivity contribution in [1.82, 2.24) is 10.2 Å². The molecule has 0 radical (unpaired) electrons. The molecule has 5 heteroatoms. The van der Waals surface area contributed by atoms with Gasteiger partial charge in [0.15, 0.2) is 0 Å². The first-order valence-electron chi connectivity index (χ1n) is 8.47. The van der Waals surface area contributed by atoms with Crippen LogP contribution in [-0.2, 0) is 4.74 Å². The van der Waals surface area contributed by atoms with Crippen molar-refractivity contribution in [3.63, 3.8) is 0 Å². The van der Waals surface area contributed by atoms with Crippen LogP contribution in [0.25, 0.3) is 0 Å². The highest BCUT2D eigenvalue weighted by Crippen LogP contribution is 2.27. The first-order valence-corrected chi connectivity index (χ1v) is 9.29. The molecule has 23 heavy (non-hydrogen) atoms. The molecule has 130 valence electrons. The number of thiophene rings is 1. The topological polar surface area (TPSA) is 41.6 Å². The average molecular weight is 339 g/mol. The molecule has 4 nitrogen and oxygen atoms in total. The Morgan fingerprint density at radius 1 is 1.48 bits per heavy atom. The zero-order valence-corrected chi connectivity index (χ0v) is 16.0. The third-order valence-corrected chi connectivity index (χ3v) is 5.19. The van der Waals surface area contributed by atoms with E-state index in [1.165, 1.54) is 15.3 Å². The summed E-state index contributed by atoms with van der Waals surface area (Å²) in [6, 6.07) is 2.80. The third kappa shape index (κ3) is 4.95. The standard InChI is InChI=1S/C18H30N2O2S/c1-12-10-16(14(3)23-12)13(2)19-11-15-8-7-9-20(15)17(21)22-18(4,5)6/h10,13,15,19H,7-9,11H2,1-6H3. The number of amides is 1. The molecule has 2 heterocycles. The SMILES string of the molecule is Cc1cc(C(C)NCC2CCCN2C(=O)OC(C)(C)C)c(C)s1. The number of hydrogen-bond acceptors (Lipinski definition) is 4. The van der Waals surface area contributed by atoms with E-state index >= 15 is 0 Å². The number of likely N-dealkylation sites (tertiary alicyclic amines) is 1. The Bertz CT molecular complexity index is 548. The number of nitrogens with one attached hydrogen (secondary N) is 1. The first kappa shape index (κ1) is 18.3. The lowest BCUT2D eigenvalue weighted by Crippen LogP contribution is -2.44. The maximum Gasteiger partial charge on any atom is 0.410 e. The van der Waals surface area contributed by atoms with Crippen molar-refractivity contribution in [2.45, 2.75) is 72.1 Å². The van der Waals surface area contributed by atoms with Gasteiger partial charge in [0.2, 0.25) is 0 Å². The molecule has 1 aliphatic rings. The second kappa shape index (κ2) is 7.22. The number of hydrogen-bond donors (Lipinski definition) is 1. The van der Waals surface area contributed by atoms with Gasteiger partial charge < -0.3 is 15.0 Å². The van der Waals surface area contributed by atoms with Crippen molar-refractivity contribution >= 4 is 17.4 Å². The molecule has 1 N–H and O–H groups in total. The lowest BCUT2D eigenvalue weighted by atomic mass is 10.1. The Hall–Kier alpha value is -1.07. The van der Waals surface area contributed by atoms with Gasteiger partial charge in [0.05, 0.1) is 0 Å². The monoisotopic (exact) mass is 338 g/mol. The van der Waals surface area contributed by atoms with Crippen LogP contribution in [0.1, 0.15) is 61.9 Å². The van der Waals surface area contributed by atoms with E-state index in [0.29, 0.717) is 6.04 Å². The summed E-state index contributed by atoms with van der Waals surface area (Å²) < 4.78 is 5.53. The Morgan fingerprint density at radius 2 is 2.17 bits per heavy atom. The molecular formula is C18H30N2O2S. The maximum atomic E-state index is 12.3. The molecule has 1 amide bonds. The Morgan fingerprint density at radius 3 is 2.74 bits per heavy atom. The summed E-state index contributed by atoms with van der Waals surface area (Å²) >= 11 is 1.84. The number of aryl methyl sites for hydroxylation is 2. The van der Waals surface area contributed by atoms with Gasteiger partial charge in [0.25, 0.3) is 0 Å². The normalized spacial score (nSPS) is 19.9. The Kier molecular flexibility index (Phi) is 5.74. The van der Waals surface area contributed by atoms with E-state index in [1.807, 2.05) is 37.0 Å². The van der Waals surface area contributed by atoms with Gasteiger partial charge in [-0.15, -0.1) is 11.3 Å². The van der Waals surface area contributed by atoms with E-state index in [-0.39, 0.29) is 12.1 Å². The molecule has 2 atom stereocenters. The molecule has 1 aromatic rings. The lowest BCUT2D eigenvalue weighted by Gasteiger charge is -2.29. The minimum atomic E-state index is -0.434. The van der Waals surface area contributed by atoms with Crippen molar-refractivity contribution in [2.24, 2.45) is 0 Å². The van der Waals surface area contributed by atoms with Gasteiger partial charge in [0.1, 0.15) is 5.60 Å². The average Bonchev–Trinajstić information content (AvgIpc) is 3.00. The smallest absolute Gasteiger partial charge is 0.410 e. The molecule has 1 saturated heterocycles. The summed E-state index contributed by atoms with van der Waals surface area (Å²) in [7, 11) is 0. The van der Waals surface area contributed by atoms with Crippen LogP contribution < -0.4 is 5.32 Å². The van der Waals surface area contributed by atoms with E-state index < -0.39 is 5.60 Å². The number of rotatable bonds is 4. The maximum absolute atomic E-state index is 12.3. The van der Waals surface area contributed by atoms with Gasteiger partial charge in [0, 0.05) is 34.9 Å². The van der Waals surface area contributed by atoms with Gasteiger partial charge in [-0.1, -0.05) is 0 Å². The van der Waals surface area contributed by atoms with Crippen LogP contribution in [0.4, 0.5) is 4.79 Å². The number of carbonyl (C=O) groups is 1. The Labute approximate surface area is 144 Å². The summed E-state index contributed by atoms with van der Waals surface area (Å²) in [6.07, 6.45) is 1.91. The van der Waals surface area contributed by atoms with Crippen molar-refractivity contribution < 1.29 is 9.53 Å². The summed E-state index contributed by atoms with van der Waals surface area (Å²) in [5.41, 5.74) is 0.935. The molecule has 2 rings (SSSR count). The van der Waals surface area contributed by atoms with Crippen molar-refractivity contribution in [3.05, 3.63) is 21.4 Å². The van der Waals surface area contributed by atoms with E-state index in [4.69, 9.17) is 4.74 Å². The fraction of sp³-hybridized carbons (Fsp3) is 0.722. The largest absolute Gasteiger partial charge is 0.444 e. The van der Waals surface area contributed by atoms with Crippen LogP contribution >= 0.6 is 11.3 Å². The van der Waals surface area contributed by atoms with Crippen molar-refractivity contribution in [2.75, 3.05) is 13.1 Å². The molecule has 1 aliphatic heterocycles. The van der Waals surface area contributed by atoms with E-state index in [0.717, 1.165) is 25.9 Å². The van der Waals surface area contributed by atoms with Crippen LogP contribution in [0, 0.1) is 13.8 Å². The molecule has 2 unspecified atom stereocenters. The quantitative estimate of drug-likeness (QED) is 0.884. The van der Waals surface area contributed by atoms with Crippen LogP contribution in [-0.4, -0.2) is 35.7 Å². The lowest BCUT2D eigenvalue weighted by molar-refractivity contribution is 0.0225. The molecule has 1 fully saturated rings. The molecule has 0 aliphatic carbocycles. The molecule has 0 spiro atoms. The van der Waals surface area contributed by atoms with Gasteiger partial charge in [-0.05, 0) is 66.0 Å². The van der Waals surface area contributed by atoms with Gasteiger partial charge in [-0.3, -0.25) is 0 Å². The number of nitrogens with zero attached hydrogens (tertiary/aromatic N) is 1. The number of ether oxygens (including phenoxy) is 1. The molecule has 0 saturated carbocycles. The van der Waals surface area contributed by atoms with Crippen molar-refractivity contribution in [1.29, 1.82) is 0 Å².